The molecule has 1 aromatic rings. The Morgan fingerprint density at radius 3 is 2.00 bits per heavy atom. The number of para-hydroxylation sites is 1. The third kappa shape index (κ3) is 6.32. The van der Waals surface area contributed by atoms with Crippen LogP contribution in [0.5, 0.6) is 0 Å². The normalized spacial score (nSPS) is 11.8. The molecule has 0 heterocycles. The highest BCUT2D eigenvalue weighted by Crippen LogP contribution is 2.23. The third-order valence-electron chi connectivity index (χ3n) is 3.57. The molecule has 0 spiro atoms. The van der Waals surface area contributed by atoms with E-state index in [0.29, 0.717) is 13.1 Å². The van der Waals surface area contributed by atoms with Crippen LogP contribution in [0.4, 0.5) is 10.5 Å². The van der Waals surface area contributed by atoms with Crippen molar-refractivity contribution in [3.8, 4) is 0 Å². The molecule has 1 rings (SSSR count). The average Bonchev–Trinajstić information content (AvgIpc) is 2.54. The zero-order valence-electron chi connectivity index (χ0n) is 15.6. The lowest BCUT2D eigenvalue weighted by Crippen LogP contribution is -2.48. The molecular formula is C18H30N2O4S. The fourth-order valence-electron chi connectivity index (χ4n) is 2.27. The molecule has 0 aliphatic carbocycles. The van der Waals surface area contributed by atoms with Crippen molar-refractivity contribution in [3.05, 3.63) is 30.3 Å². The maximum atomic E-state index is 13.2. The van der Waals surface area contributed by atoms with Crippen LogP contribution in [0.15, 0.2) is 30.3 Å². The summed E-state index contributed by atoms with van der Waals surface area (Å²) in [6, 6.07) is 8.35. The number of rotatable bonds is 10. The van der Waals surface area contributed by atoms with Crippen LogP contribution in [0.1, 0.15) is 53.4 Å². The first kappa shape index (κ1) is 21.4. The van der Waals surface area contributed by atoms with Gasteiger partial charge in [0.2, 0.25) is 0 Å². The Bertz CT molecular complexity index is 609. The first-order chi connectivity index (χ1) is 11.8. The van der Waals surface area contributed by atoms with Gasteiger partial charge in [-0.2, -0.15) is 17.0 Å². The van der Waals surface area contributed by atoms with Gasteiger partial charge in [-0.1, -0.05) is 44.9 Å². The second-order valence-corrected chi connectivity index (χ2v) is 7.92. The summed E-state index contributed by atoms with van der Waals surface area (Å²) in [6.07, 6.45) is 1.95. The Balaban J connectivity index is 3.25. The van der Waals surface area contributed by atoms with Gasteiger partial charge in [0.25, 0.3) is 0 Å². The lowest BCUT2D eigenvalue weighted by molar-refractivity contribution is 0.126. The number of benzene rings is 1. The molecule has 0 radical (unpaired) electrons. The van der Waals surface area contributed by atoms with Crippen molar-refractivity contribution in [1.82, 2.24) is 4.31 Å². The smallest absolute Gasteiger partial charge is 0.429 e. The van der Waals surface area contributed by atoms with E-state index in [4.69, 9.17) is 4.74 Å². The molecule has 7 heteroatoms. The second kappa shape index (κ2) is 10.4. The molecule has 0 unspecified atom stereocenters. The Kier molecular flexibility index (Phi) is 8.92. The molecule has 142 valence electrons. The Morgan fingerprint density at radius 2 is 1.56 bits per heavy atom. The maximum Gasteiger partial charge on any atom is 0.429 e. The minimum Gasteiger partial charge on any atom is -0.446 e. The lowest BCUT2D eigenvalue weighted by atomic mass is 10.3. The maximum absolute atomic E-state index is 13.2. The zero-order chi connectivity index (χ0) is 18.9. The molecule has 0 saturated carbocycles. The summed E-state index contributed by atoms with van der Waals surface area (Å²) in [4.78, 5) is 12.6. The number of ether oxygens (including phenoxy) is 1. The topological polar surface area (TPSA) is 66.9 Å². The Hall–Kier alpha value is -1.60. The molecule has 0 bridgehead atoms. The van der Waals surface area contributed by atoms with Crippen LogP contribution in [0, 0.1) is 0 Å². The van der Waals surface area contributed by atoms with E-state index in [9.17, 15) is 13.2 Å². The van der Waals surface area contributed by atoms with E-state index in [0.717, 1.165) is 30.0 Å². The fourth-order valence-corrected chi connectivity index (χ4v) is 3.84. The van der Waals surface area contributed by atoms with Crippen LogP contribution in [0.25, 0.3) is 0 Å². The predicted octanol–water partition coefficient (Wildman–Crippen LogP) is 4.19. The van der Waals surface area contributed by atoms with Gasteiger partial charge in [-0.3, -0.25) is 0 Å². The van der Waals surface area contributed by atoms with Gasteiger partial charge in [0.05, 0.1) is 11.8 Å². The summed E-state index contributed by atoms with van der Waals surface area (Å²) >= 11 is 0. The summed E-state index contributed by atoms with van der Waals surface area (Å²) < 4.78 is 33.8. The average molecular weight is 371 g/mol. The van der Waals surface area contributed by atoms with Gasteiger partial charge in [-0.15, -0.1) is 0 Å². The van der Waals surface area contributed by atoms with Crippen LogP contribution in [-0.4, -0.2) is 38.0 Å². The van der Waals surface area contributed by atoms with Gasteiger partial charge in [0.15, 0.2) is 0 Å². The van der Waals surface area contributed by atoms with Gasteiger partial charge < -0.3 is 4.74 Å². The monoisotopic (exact) mass is 370 g/mol. The summed E-state index contributed by atoms with van der Waals surface area (Å²) in [5.74, 6) is 0. The molecule has 0 atom stereocenters. The van der Waals surface area contributed by atoms with Crippen LogP contribution in [-0.2, 0) is 14.9 Å². The predicted molar refractivity (Wildman–Crippen MR) is 101 cm³/mol. The minimum atomic E-state index is -4.01. The molecule has 0 aliphatic heterocycles. The molecule has 0 aliphatic rings. The largest absolute Gasteiger partial charge is 0.446 e. The van der Waals surface area contributed by atoms with Gasteiger partial charge in [-0.25, -0.2) is 4.79 Å². The number of nitrogens with zero attached hydrogens (tertiary/aromatic N) is 2. The van der Waals surface area contributed by atoms with E-state index in [1.165, 1.54) is 4.31 Å². The molecule has 6 nitrogen and oxygen atoms in total. The first-order valence-electron chi connectivity index (χ1n) is 8.90. The van der Waals surface area contributed by atoms with E-state index in [1.54, 1.807) is 44.2 Å². The molecule has 1 aromatic carbocycles. The summed E-state index contributed by atoms with van der Waals surface area (Å²) in [7, 11) is -4.01. The Labute approximate surface area is 152 Å². The van der Waals surface area contributed by atoms with Crippen LogP contribution < -0.4 is 4.31 Å². The van der Waals surface area contributed by atoms with E-state index in [2.05, 4.69) is 0 Å². The lowest BCUT2D eigenvalue weighted by Gasteiger charge is -2.30. The quantitative estimate of drug-likeness (QED) is 0.619. The highest BCUT2D eigenvalue weighted by atomic mass is 32.2. The van der Waals surface area contributed by atoms with Crippen molar-refractivity contribution < 1.29 is 17.9 Å². The number of hydrogen-bond acceptors (Lipinski definition) is 4. The van der Waals surface area contributed by atoms with Crippen molar-refractivity contribution in [2.45, 2.75) is 59.5 Å². The third-order valence-corrected chi connectivity index (χ3v) is 5.41. The Morgan fingerprint density at radius 1 is 1.04 bits per heavy atom. The van der Waals surface area contributed by atoms with Crippen molar-refractivity contribution in [1.29, 1.82) is 0 Å². The molecule has 25 heavy (non-hydrogen) atoms. The highest BCUT2D eigenvalue weighted by molar-refractivity contribution is 7.91. The second-order valence-electron chi connectivity index (χ2n) is 6.15. The van der Waals surface area contributed by atoms with Crippen molar-refractivity contribution in [2.24, 2.45) is 0 Å². The van der Waals surface area contributed by atoms with Gasteiger partial charge in [-0.05, 0) is 38.8 Å². The van der Waals surface area contributed by atoms with E-state index in [-0.39, 0.29) is 5.69 Å². The molecule has 0 aromatic heterocycles. The minimum absolute atomic E-state index is 0.283. The molecule has 0 saturated heterocycles. The van der Waals surface area contributed by atoms with Crippen LogP contribution in [0.3, 0.4) is 0 Å². The van der Waals surface area contributed by atoms with Gasteiger partial charge in [0.1, 0.15) is 0 Å². The number of hydrogen-bond donors (Lipinski definition) is 0. The van der Waals surface area contributed by atoms with Gasteiger partial charge in [0, 0.05) is 13.1 Å². The number of unbranched alkanes of at least 4 members (excludes halogenated alkanes) is 2. The van der Waals surface area contributed by atoms with Crippen molar-refractivity contribution in [2.75, 3.05) is 17.4 Å². The van der Waals surface area contributed by atoms with Gasteiger partial charge >= 0.3 is 16.3 Å². The number of amides is 1. The van der Waals surface area contributed by atoms with Crippen molar-refractivity contribution >= 4 is 22.0 Å². The first-order valence-corrected chi connectivity index (χ1v) is 10.3. The molecular weight excluding hydrogens is 340 g/mol. The number of carbonyl (C=O) groups is 1. The standard InChI is InChI=1S/C18H30N2O4S/c1-5-7-14-19(15-8-6-2)25(22,23)20(18(21)24-16(3)4)17-12-10-9-11-13-17/h9-13,16H,5-8,14-15H2,1-4H3. The zero-order valence-corrected chi connectivity index (χ0v) is 16.5. The number of anilines is 1. The highest BCUT2D eigenvalue weighted by Gasteiger charge is 2.35. The fraction of sp³-hybridized carbons (Fsp3) is 0.611. The summed E-state index contributed by atoms with van der Waals surface area (Å²) in [5.41, 5.74) is 0.283. The molecule has 0 N–H and O–H groups in total. The van der Waals surface area contributed by atoms with E-state index < -0.39 is 22.4 Å². The van der Waals surface area contributed by atoms with Crippen molar-refractivity contribution in [3.63, 3.8) is 0 Å². The SMILES string of the molecule is CCCCN(CCCC)S(=O)(=O)N(C(=O)OC(C)C)c1ccccc1. The van der Waals surface area contributed by atoms with E-state index in [1.807, 2.05) is 13.8 Å². The molecule has 0 fully saturated rings. The number of carbonyl (C=O) groups excluding carboxylic acids is 1. The summed E-state index contributed by atoms with van der Waals surface area (Å²) in [6.45, 7) is 8.17. The summed E-state index contributed by atoms with van der Waals surface area (Å²) in [5, 5.41) is 0. The van der Waals surface area contributed by atoms with Crippen LogP contribution >= 0.6 is 0 Å². The van der Waals surface area contributed by atoms with Crippen LogP contribution in [0.2, 0.25) is 0 Å². The molecule has 1 amide bonds. The van der Waals surface area contributed by atoms with E-state index >= 15 is 0 Å².